The molecule has 0 heterocycles. The van der Waals surface area contributed by atoms with Gasteiger partial charge in [-0.2, -0.15) is 0 Å². The summed E-state index contributed by atoms with van der Waals surface area (Å²) in [5.41, 5.74) is 2.71. The van der Waals surface area contributed by atoms with E-state index in [1.54, 1.807) is 6.92 Å². The first-order valence-corrected chi connectivity index (χ1v) is 5.70. The third kappa shape index (κ3) is 2.11. The Kier molecular flexibility index (Phi) is 2.64. The van der Waals surface area contributed by atoms with Crippen LogP contribution in [0.3, 0.4) is 0 Å². The van der Waals surface area contributed by atoms with E-state index in [0.29, 0.717) is 23.5 Å². The minimum atomic E-state index is 0.301. The molecule has 0 amide bonds. The number of Topliss-reactive ketones (excluding diaryl/α,β-unsaturated/α-hetero) is 1. The summed E-state index contributed by atoms with van der Waals surface area (Å²) in [6.07, 6.45) is 1.05. The van der Waals surface area contributed by atoms with Gasteiger partial charge >= 0.3 is 0 Å². The van der Waals surface area contributed by atoms with E-state index in [4.69, 9.17) is 0 Å². The fourth-order valence-electron chi connectivity index (χ4n) is 2.14. The summed E-state index contributed by atoms with van der Waals surface area (Å²) in [5.74, 6) is 1.73. The molecule has 2 unspecified atom stereocenters. The first-order valence-electron chi connectivity index (χ1n) is 5.70. The zero-order chi connectivity index (χ0) is 11.0. The quantitative estimate of drug-likeness (QED) is 0.733. The SMILES string of the molecule is CC(=O)C1CC1c1ccc(C(C)C)cc1. The van der Waals surface area contributed by atoms with Gasteiger partial charge in [-0.3, -0.25) is 4.79 Å². The second-order valence-corrected chi connectivity index (χ2v) is 4.88. The average Bonchev–Trinajstić information content (AvgIpc) is 2.97. The number of benzene rings is 1. The van der Waals surface area contributed by atoms with Gasteiger partial charge in [0.05, 0.1) is 0 Å². The Bertz CT molecular complexity index is 361. The molecule has 15 heavy (non-hydrogen) atoms. The van der Waals surface area contributed by atoms with Crippen molar-refractivity contribution < 1.29 is 4.79 Å². The minimum Gasteiger partial charge on any atom is -0.300 e. The van der Waals surface area contributed by atoms with Gasteiger partial charge in [0.1, 0.15) is 5.78 Å². The molecule has 1 nitrogen and oxygen atoms in total. The predicted molar refractivity (Wildman–Crippen MR) is 62.1 cm³/mol. The van der Waals surface area contributed by atoms with E-state index >= 15 is 0 Å². The van der Waals surface area contributed by atoms with Crippen LogP contribution >= 0.6 is 0 Å². The topological polar surface area (TPSA) is 17.1 Å². The minimum absolute atomic E-state index is 0.301. The Balaban J connectivity index is 2.09. The molecule has 2 atom stereocenters. The largest absolute Gasteiger partial charge is 0.300 e. The molecule has 1 aromatic rings. The molecule has 80 valence electrons. The van der Waals surface area contributed by atoms with E-state index in [2.05, 4.69) is 38.1 Å². The van der Waals surface area contributed by atoms with E-state index in [1.165, 1.54) is 11.1 Å². The molecule has 1 aliphatic carbocycles. The van der Waals surface area contributed by atoms with Crippen molar-refractivity contribution in [1.82, 2.24) is 0 Å². The molecule has 0 N–H and O–H groups in total. The first kappa shape index (κ1) is 10.4. The molecule has 2 rings (SSSR count). The highest BCUT2D eigenvalue weighted by Gasteiger charge is 2.41. The molecule has 0 saturated heterocycles. The Hall–Kier alpha value is -1.11. The lowest BCUT2D eigenvalue weighted by molar-refractivity contribution is -0.118. The number of rotatable bonds is 3. The van der Waals surface area contributed by atoms with E-state index in [1.807, 2.05) is 0 Å². The normalized spacial score (nSPS) is 24.3. The maximum absolute atomic E-state index is 11.2. The standard InChI is InChI=1S/C14H18O/c1-9(2)11-4-6-12(7-5-11)14-8-13(14)10(3)15/h4-7,9,13-14H,8H2,1-3H3. The zero-order valence-corrected chi connectivity index (χ0v) is 9.66. The highest BCUT2D eigenvalue weighted by Crippen LogP contribution is 2.47. The third-order valence-corrected chi connectivity index (χ3v) is 3.34. The molecule has 0 spiro atoms. The van der Waals surface area contributed by atoms with Gasteiger partial charge in [0, 0.05) is 5.92 Å². The van der Waals surface area contributed by atoms with Crippen molar-refractivity contribution in [2.45, 2.75) is 39.0 Å². The first-order chi connectivity index (χ1) is 7.09. The van der Waals surface area contributed by atoms with Crippen LogP contribution in [0.4, 0.5) is 0 Å². The molecule has 1 aromatic carbocycles. The summed E-state index contributed by atoms with van der Waals surface area (Å²) in [5, 5.41) is 0. The summed E-state index contributed by atoms with van der Waals surface area (Å²) >= 11 is 0. The van der Waals surface area contributed by atoms with Crippen molar-refractivity contribution in [2.24, 2.45) is 5.92 Å². The summed E-state index contributed by atoms with van der Waals surface area (Å²) in [7, 11) is 0. The van der Waals surface area contributed by atoms with Crippen LogP contribution in [-0.4, -0.2) is 5.78 Å². The van der Waals surface area contributed by atoms with Crippen molar-refractivity contribution in [3.63, 3.8) is 0 Å². The van der Waals surface area contributed by atoms with Crippen LogP contribution in [0.15, 0.2) is 24.3 Å². The molecule has 1 aliphatic rings. The molecule has 1 saturated carbocycles. The number of carbonyl (C=O) groups excluding carboxylic acids is 1. The average molecular weight is 202 g/mol. The van der Waals surface area contributed by atoms with Crippen molar-refractivity contribution in [3.8, 4) is 0 Å². The van der Waals surface area contributed by atoms with Crippen molar-refractivity contribution >= 4 is 5.78 Å². The van der Waals surface area contributed by atoms with Crippen LogP contribution in [0.25, 0.3) is 0 Å². The Labute approximate surface area is 91.5 Å². The van der Waals surface area contributed by atoms with Crippen LogP contribution in [0.5, 0.6) is 0 Å². The number of ketones is 1. The number of hydrogen-bond acceptors (Lipinski definition) is 1. The highest BCUT2D eigenvalue weighted by molar-refractivity contribution is 5.82. The van der Waals surface area contributed by atoms with Gasteiger partial charge in [0.2, 0.25) is 0 Å². The summed E-state index contributed by atoms with van der Waals surface area (Å²) in [6.45, 7) is 6.10. The Morgan fingerprint density at radius 2 is 1.87 bits per heavy atom. The molecule has 0 radical (unpaired) electrons. The summed E-state index contributed by atoms with van der Waals surface area (Å²) in [4.78, 5) is 11.2. The molecule has 1 heteroatoms. The van der Waals surface area contributed by atoms with Crippen molar-refractivity contribution in [1.29, 1.82) is 0 Å². The monoisotopic (exact) mass is 202 g/mol. The molecule has 0 bridgehead atoms. The van der Waals surface area contributed by atoms with Gasteiger partial charge in [-0.15, -0.1) is 0 Å². The molecule has 0 aromatic heterocycles. The number of hydrogen-bond donors (Lipinski definition) is 0. The lowest BCUT2D eigenvalue weighted by atomic mass is 9.99. The molecule has 1 fully saturated rings. The fraction of sp³-hybridized carbons (Fsp3) is 0.500. The lowest BCUT2D eigenvalue weighted by Crippen LogP contribution is -1.95. The molecular weight excluding hydrogens is 184 g/mol. The van der Waals surface area contributed by atoms with E-state index in [-0.39, 0.29) is 0 Å². The summed E-state index contributed by atoms with van der Waals surface area (Å²) < 4.78 is 0. The van der Waals surface area contributed by atoms with Crippen LogP contribution in [0.2, 0.25) is 0 Å². The maximum Gasteiger partial charge on any atom is 0.133 e. The van der Waals surface area contributed by atoms with Gasteiger partial charge in [0.15, 0.2) is 0 Å². The highest BCUT2D eigenvalue weighted by atomic mass is 16.1. The molecule has 0 aliphatic heterocycles. The van der Waals surface area contributed by atoms with Gasteiger partial charge in [-0.1, -0.05) is 38.1 Å². The predicted octanol–water partition coefficient (Wildman–Crippen LogP) is 3.50. The Morgan fingerprint density at radius 3 is 2.27 bits per heavy atom. The van der Waals surface area contributed by atoms with Crippen LogP contribution in [-0.2, 0) is 4.79 Å². The van der Waals surface area contributed by atoms with Gasteiger partial charge in [-0.05, 0) is 36.3 Å². The second kappa shape index (κ2) is 3.80. The van der Waals surface area contributed by atoms with Crippen molar-refractivity contribution in [2.75, 3.05) is 0 Å². The smallest absolute Gasteiger partial charge is 0.133 e. The van der Waals surface area contributed by atoms with Crippen LogP contribution in [0, 0.1) is 5.92 Å². The number of carbonyl (C=O) groups is 1. The van der Waals surface area contributed by atoms with E-state index in [9.17, 15) is 4.79 Å². The van der Waals surface area contributed by atoms with Crippen LogP contribution in [0.1, 0.15) is 50.2 Å². The Morgan fingerprint density at radius 1 is 1.27 bits per heavy atom. The zero-order valence-electron chi connectivity index (χ0n) is 9.66. The van der Waals surface area contributed by atoms with E-state index in [0.717, 1.165) is 6.42 Å². The second-order valence-electron chi connectivity index (χ2n) is 4.88. The summed E-state index contributed by atoms with van der Waals surface area (Å²) in [6, 6.07) is 8.75. The maximum atomic E-state index is 11.2. The van der Waals surface area contributed by atoms with Gasteiger partial charge < -0.3 is 0 Å². The van der Waals surface area contributed by atoms with Gasteiger partial charge in [-0.25, -0.2) is 0 Å². The fourth-order valence-corrected chi connectivity index (χ4v) is 2.14. The van der Waals surface area contributed by atoms with Crippen molar-refractivity contribution in [3.05, 3.63) is 35.4 Å². The van der Waals surface area contributed by atoms with Crippen LogP contribution < -0.4 is 0 Å². The van der Waals surface area contributed by atoms with E-state index < -0.39 is 0 Å². The molecular formula is C14H18O. The lowest BCUT2D eigenvalue weighted by Gasteiger charge is -2.06. The third-order valence-electron chi connectivity index (χ3n) is 3.34. The van der Waals surface area contributed by atoms with Gasteiger partial charge in [0.25, 0.3) is 0 Å².